The third-order valence-electron chi connectivity index (χ3n) is 2.55. The van der Waals surface area contributed by atoms with Crippen LogP contribution in [0.3, 0.4) is 0 Å². The molecular formula is C14H11ClN2O3S. The SMILES string of the molecule is Cc1csc(C(=O)Nc2cc(/C=C/C(=O)O)ccn2)c1Cl. The number of rotatable bonds is 4. The lowest BCUT2D eigenvalue weighted by molar-refractivity contribution is -0.131. The van der Waals surface area contributed by atoms with E-state index in [0.29, 0.717) is 21.3 Å². The molecule has 7 heteroatoms. The zero-order chi connectivity index (χ0) is 15.4. The normalized spacial score (nSPS) is 10.8. The fourth-order valence-corrected chi connectivity index (χ4v) is 2.72. The number of halogens is 1. The van der Waals surface area contributed by atoms with Crippen molar-refractivity contribution >= 4 is 46.7 Å². The molecule has 0 fully saturated rings. The van der Waals surface area contributed by atoms with Gasteiger partial charge >= 0.3 is 5.97 Å². The molecule has 0 saturated heterocycles. The van der Waals surface area contributed by atoms with Crippen molar-refractivity contribution in [2.45, 2.75) is 6.92 Å². The molecule has 2 aromatic heterocycles. The number of anilines is 1. The number of hydrogen-bond acceptors (Lipinski definition) is 4. The van der Waals surface area contributed by atoms with Crippen LogP contribution in [0.2, 0.25) is 5.02 Å². The summed E-state index contributed by atoms with van der Waals surface area (Å²) in [5, 5.41) is 13.5. The van der Waals surface area contributed by atoms with Crippen LogP contribution in [0.1, 0.15) is 20.8 Å². The summed E-state index contributed by atoms with van der Waals surface area (Å²) in [5.41, 5.74) is 1.47. The van der Waals surface area contributed by atoms with Crippen LogP contribution >= 0.6 is 22.9 Å². The maximum absolute atomic E-state index is 12.1. The van der Waals surface area contributed by atoms with Gasteiger partial charge in [-0.1, -0.05) is 11.6 Å². The van der Waals surface area contributed by atoms with Crippen molar-refractivity contribution in [3.8, 4) is 0 Å². The fourth-order valence-electron chi connectivity index (χ4n) is 1.54. The molecule has 0 unspecified atom stereocenters. The van der Waals surface area contributed by atoms with E-state index in [4.69, 9.17) is 16.7 Å². The van der Waals surface area contributed by atoms with Gasteiger partial charge in [-0.2, -0.15) is 0 Å². The highest BCUT2D eigenvalue weighted by molar-refractivity contribution is 7.13. The average molecular weight is 323 g/mol. The van der Waals surface area contributed by atoms with Gasteiger partial charge in [0, 0.05) is 12.3 Å². The molecule has 0 aliphatic carbocycles. The topological polar surface area (TPSA) is 79.3 Å². The van der Waals surface area contributed by atoms with Crippen LogP contribution in [-0.4, -0.2) is 22.0 Å². The monoisotopic (exact) mass is 322 g/mol. The predicted octanol–water partition coefficient (Wildman–Crippen LogP) is 3.46. The number of carbonyl (C=O) groups is 2. The Hall–Kier alpha value is -2.18. The third kappa shape index (κ3) is 3.90. The van der Waals surface area contributed by atoms with Crippen LogP contribution in [0.4, 0.5) is 5.82 Å². The lowest BCUT2D eigenvalue weighted by Crippen LogP contribution is -2.11. The van der Waals surface area contributed by atoms with Gasteiger partial charge in [-0.05, 0) is 41.6 Å². The molecule has 0 radical (unpaired) electrons. The van der Waals surface area contributed by atoms with Crippen molar-refractivity contribution < 1.29 is 14.7 Å². The number of pyridine rings is 1. The van der Waals surface area contributed by atoms with Gasteiger partial charge in [-0.3, -0.25) is 4.79 Å². The molecule has 2 rings (SSSR count). The molecule has 1 amide bonds. The molecule has 0 aliphatic heterocycles. The Bertz CT molecular complexity index is 725. The van der Waals surface area contributed by atoms with Crippen molar-refractivity contribution in [2.75, 3.05) is 5.32 Å². The number of carboxylic acids is 1. The summed E-state index contributed by atoms with van der Waals surface area (Å²) >= 11 is 7.30. The molecule has 0 aliphatic rings. The van der Waals surface area contributed by atoms with Crippen molar-refractivity contribution in [2.24, 2.45) is 0 Å². The van der Waals surface area contributed by atoms with E-state index in [1.165, 1.54) is 23.6 Å². The van der Waals surface area contributed by atoms with Crippen LogP contribution in [0, 0.1) is 6.92 Å². The minimum atomic E-state index is -1.04. The Morgan fingerprint density at radius 2 is 2.24 bits per heavy atom. The molecule has 0 aromatic carbocycles. The minimum absolute atomic E-state index is 0.328. The van der Waals surface area contributed by atoms with Crippen molar-refractivity contribution in [3.63, 3.8) is 0 Å². The number of aliphatic carboxylic acids is 1. The Morgan fingerprint density at radius 1 is 1.48 bits per heavy atom. The number of carboxylic acid groups (broad SMARTS) is 1. The first-order chi connectivity index (χ1) is 9.97. The Kier molecular flexibility index (Phi) is 4.72. The molecule has 0 bridgehead atoms. The lowest BCUT2D eigenvalue weighted by Gasteiger charge is -2.04. The van der Waals surface area contributed by atoms with E-state index in [-0.39, 0.29) is 5.91 Å². The molecule has 21 heavy (non-hydrogen) atoms. The fraction of sp³-hybridized carbons (Fsp3) is 0.0714. The second-order valence-corrected chi connectivity index (χ2v) is 5.42. The van der Waals surface area contributed by atoms with Gasteiger partial charge in [0.2, 0.25) is 0 Å². The third-order valence-corrected chi connectivity index (χ3v) is 4.25. The second kappa shape index (κ2) is 6.51. The van der Waals surface area contributed by atoms with Gasteiger partial charge in [0.25, 0.3) is 5.91 Å². The number of nitrogens with one attached hydrogen (secondary N) is 1. The molecule has 2 N–H and O–H groups in total. The summed E-state index contributed by atoms with van der Waals surface area (Å²) in [7, 11) is 0. The first-order valence-electron chi connectivity index (χ1n) is 5.89. The quantitative estimate of drug-likeness (QED) is 0.845. The van der Waals surface area contributed by atoms with Crippen LogP contribution in [0.25, 0.3) is 6.08 Å². The van der Waals surface area contributed by atoms with Gasteiger partial charge in [0.15, 0.2) is 0 Å². The first kappa shape index (κ1) is 15.2. The van der Waals surface area contributed by atoms with Gasteiger partial charge in [-0.15, -0.1) is 11.3 Å². The maximum Gasteiger partial charge on any atom is 0.328 e. The van der Waals surface area contributed by atoms with Crippen LogP contribution < -0.4 is 5.32 Å². The number of carbonyl (C=O) groups excluding carboxylic acids is 1. The lowest BCUT2D eigenvalue weighted by atomic mass is 10.2. The van der Waals surface area contributed by atoms with Gasteiger partial charge in [0.05, 0.1) is 5.02 Å². The molecule has 5 nitrogen and oxygen atoms in total. The number of aromatic nitrogens is 1. The molecule has 2 aromatic rings. The zero-order valence-electron chi connectivity index (χ0n) is 11.0. The number of thiophene rings is 1. The summed E-state index contributed by atoms with van der Waals surface area (Å²) in [6, 6.07) is 3.21. The van der Waals surface area contributed by atoms with Crippen LogP contribution in [0.5, 0.6) is 0 Å². The first-order valence-corrected chi connectivity index (χ1v) is 7.15. The van der Waals surface area contributed by atoms with E-state index in [9.17, 15) is 9.59 Å². The van der Waals surface area contributed by atoms with Crippen LogP contribution in [-0.2, 0) is 4.79 Å². The van der Waals surface area contributed by atoms with Gasteiger partial charge in [0.1, 0.15) is 10.7 Å². The second-order valence-electron chi connectivity index (χ2n) is 4.16. The summed E-state index contributed by atoms with van der Waals surface area (Å²) in [6.07, 6.45) is 3.92. The Balaban J connectivity index is 2.16. The Morgan fingerprint density at radius 3 is 2.86 bits per heavy atom. The number of aryl methyl sites for hydroxylation is 1. The summed E-state index contributed by atoms with van der Waals surface area (Å²) in [5.74, 6) is -1.06. The van der Waals surface area contributed by atoms with Gasteiger partial charge in [-0.25, -0.2) is 9.78 Å². The van der Waals surface area contributed by atoms with E-state index in [0.717, 1.165) is 11.6 Å². The smallest absolute Gasteiger partial charge is 0.328 e. The van der Waals surface area contributed by atoms with Crippen molar-refractivity contribution in [1.82, 2.24) is 4.98 Å². The van der Waals surface area contributed by atoms with E-state index in [1.54, 1.807) is 17.5 Å². The van der Waals surface area contributed by atoms with E-state index in [1.807, 2.05) is 6.92 Å². The maximum atomic E-state index is 12.1. The molecular weight excluding hydrogens is 312 g/mol. The Labute approximate surface area is 129 Å². The molecule has 0 atom stereocenters. The molecule has 2 heterocycles. The molecule has 0 saturated carbocycles. The molecule has 0 spiro atoms. The summed E-state index contributed by atoms with van der Waals surface area (Å²) < 4.78 is 0. The number of hydrogen-bond donors (Lipinski definition) is 2. The summed E-state index contributed by atoms with van der Waals surface area (Å²) in [6.45, 7) is 1.82. The van der Waals surface area contributed by atoms with E-state index in [2.05, 4.69) is 10.3 Å². The van der Waals surface area contributed by atoms with Crippen molar-refractivity contribution in [1.29, 1.82) is 0 Å². The highest BCUT2D eigenvalue weighted by Gasteiger charge is 2.15. The summed E-state index contributed by atoms with van der Waals surface area (Å²) in [4.78, 5) is 27.0. The van der Waals surface area contributed by atoms with E-state index < -0.39 is 5.97 Å². The highest BCUT2D eigenvalue weighted by atomic mass is 35.5. The van der Waals surface area contributed by atoms with E-state index >= 15 is 0 Å². The number of amides is 1. The largest absolute Gasteiger partial charge is 0.478 e. The zero-order valence-corrected chi connectivity index (χ0v) is 12.5. The van der Waals surface area contributed by atoms with Gasteiger partial charge < -0.3 is 10.4 Å². The van der Waals surface area contributed by atoms with Crippen LogP contribution in [0.15, 0.2) is 29.8 Å². The van der Waals surface area contributed by atoms with Crippen molar-refractivity contribution in [3.05, 3.63) is 50.8 Å². The number of nitrogens with zero attached hydrogens (tertiary/aromatic N) is 1. The molecule has 108 valence electrons. The predicted molar refractivity (Wildman–Crippen MR) is 82.9 cm³/mol. The minimum Gasteiger partial charge on any atom is -0.478 e. The standard InChI is InChI=1S/C14H11ClN2O3S/c1-8-7-21-13(12(8)15)14(20)17-10-6-9(4-5-16-10)2-3-11(18)19/h2-7H,1H3,(H,18,19)(H,16,17,20)/b3-2+. The average Bonchev–Trinajstić information content (AvgIpc) is 2.77. The highest BCUT2D eigenvalue weighted by Crippen LogP contribution is 2.27.